The summed E-state index contributed by atoms with van der Waals surface area (Å²) in [7, 11) is 0. The highest BCUT2D eigenvalue weighted by atomic mass is 16.2. The molecule has 0 unspecified atom stereocenters. The molecule has 0 saturated heterocycles. The van der Waals surface area contributed by atoms with Crippen LogP contribution in [0, 0.1) is 6.92 Å². The second-order valence-corrected chi connectivity index (χ2v) is 7.18. The fraction of sp³-hybridized carbons (Fsp3) is 0.318. The van der Waals surface area contributed by atoms with Crippen LogP contribution in [0.2, 0.25) is 0 Å². The van der Waals surface area contributed by atoms with E-state index in [4.69, 9.17) is 0 Å². The Bertz CT molecular complexity index is 1050. The Hall–Kier alpha value is -2.95. The van der Waals surface area contributed by atoms with Crippen molar-refractivity contribution < 1.29 is 4.79 Å². The third-order valence-electron chi connectivity index (χ3n) is 5.34. The first-order valence-electron chi connectivity index (χ1n) is 9.45. The Balaban J connectivity index is 1.45. The molecule has 5 heteroatoms. The first kappa shape index (κ1) is 17.5. The Morgan fingerprint density at radius 2 is 2.07 bits per heavy atom. The molecule has 1 atom stereocenters. The molecule has 2 aromatic carbocycles. The molecule has 0 saturated carbocycles. The number of para-hydroxylation sites is 1. The summed E-state index contributed by atoms with van der Waals surface area (Å²) < 4.78 is 1.52. The molecule has 1 heterocycles. The average molecular weight is 361 g/mol. The number of nitrogens with zero attached hydrogens (tertiary/aromatic N) is 2. The standard InChI is InChI=1S/C22H23N3O2/c1-15-6-4-10-18-21(15)23-14-25(22(18)27)13-12-20(26)24-19-11-5-8-16-7-2-3-9-17(16)19/h2-4,6-7,9-10,14,19H,5,8,11-13H2,1H3,(H,24,26)/t19-/m0/s1. The molecule has 27 heavy (non-hydrogen) atoms. The van der Waals surface area contributed by atoms with Gasteiger partial charge in [0.05, 0.1) is 23.3 Å². The average Bonchev–Trinajstić information content (AvgIpc) is 2.68. The van der Waals surface area contributed by atoms with Crippen molar-refractivity contribution in [3.8, 4) is 0 Å². The van der Waals surface area contributed by atoms with Crippen molar-refractivity contribution in [3.05, 3.63) is 75.8 Å². The van der Waals surface area contributed by atoms with E-state index in [2.05, 4.69) is 22.4 Å². The lowest BCUT2D eigenvalue weighted by molar-refractivity contribution is -0.122. The second-order valence-electron chi connectivity index (χ2n) is 7.18. The van der Waals surface area contributed by atoms with Gasteiger partial charge < -0.3 is 5.32 Å². The van der Waals surface area contributed by atoms with Gasteiger partial charge in [0.2, 0.25) is 5.91 Å². The number of aryl methyl sites for hydroxylation is 3. The molecule has 1 aliphatic rings. The van der Waals surface area contributed by atoms with Crippen LogP contribution in [-0.4, -0.2) is 15.5 Å². The molecular formula is C22H23N3O2. The molecule has 1 aromatic heterocycles. The van der Waals surface area contributed by atoms with Crippen molar-refractivity contribution >= 4 is 16.8 Å². The van der Waals surface area contributed by atoms with Gasteiger partial charge in [-0.3, -0.25) is 14.2 Å². The van der Waals surface area contributed by atoms with E-state index in [1.807, 2.05) is 31.2 Å². The summed E-state index contributed by atoms with van der Waals surface area (Å²) in [5, 5.41) is 3.73. The van der Waals surface area contributed by atoms with Crippen LogP contribution < -0.4 is 10.9 Å². The summed E-state index contributed by atoms with van der Waals surface area (Å²) in [4.78, 5) is 29.5. The number of carbonyl (C=O) groups excluding carboxylic acids is 1. The van der Waals surface area contributed by atoms with Crippen molar-refractivity contribution in [1.82, 2.24) is 14.9 Å². The highest BCUT2D eigenvalue weighted by Crippen LogP contribution is 2.29. The Labute approximate surface area is 158 Å². The van der Waals surface area contributed by atoms with Crippen molar-refractivity contribution in [3.63, 3.8) is 0 Å². The maximum absolute atomic E-state index is 12.6. The molecule has 0 fully saturated rings. The molecule has 1 N–H and O–H groups in total. The number of rotatable bonds is 4. The van der Waals surface area contributed by atoms with Gasteiger partial charge in [-0.05, 0) is 48.9 Å². The number of nitrogens with one attached hydrogen (secondary N) is 1. The van der Waals surface area contributed by atoms with Gasteiger partial charge in [0.1, 0.15) is 0 Å². The van der Waals surface area contributed by atoms with E-state index in [0.717, 1.165) is 30.3 Å². The molecule has 0 radical (unpaired) electrons. The van der Waals surface area contributed by atoms with Gasteiger partial charge in [-0.2, -0.15) is 0 Å². The van der Waals surface area contributed by atoms with Crippen LogP contribution in [0.1, 0.15) is 42.0 Å². The predicted molar refractivity (Wildman–Crippen MR) is 106 cm³/mol. The number of fused-ring (bicyclic) bond motifs is 2. The largest absolute Gasteiger partial charge is 0.349 e. The van der Waals surface area contributed by atoms with Gasteiger partial charge in [0, 0.05) is 13.0 Å². The van der Waals surface area contributed by atoms with E-state index >= 15 is 0 Å². The van der Waals surface area contributed by atoms with Crippen molar-refractivity contribution in [1.29, 1.82) is 0 Å². The Morgan fingerprint density at radius 1 is 1.22 bits per heavy atom. The number of hydrogen-bond donors (Lipinski definition) is 1. The highest BCUT2D eigenvalue weighted by Gasteiger charge is 2.21. The zero-order valence-electron chi connectivity index (χ0n) is 15.4. The normalized spacial score (nSPS) is 16.1. The van der Waals surface area contributed by atoms with Crippen molar-refractivity contribution in [2.24, 2.45) is 0 Å². The zero-order chi connectivity index (χ0) is 18.8. The maximum Gasteiger partial charge on any atom is 0.261 e. The Morgan fingerprint density at radius 3 is 2.96 bits per heavy atom. The number of hydrogen-bond acceptors (Lipinski definition) is 3. The third kappa shape index (κ3) is 3.50. The van der Waals surface area contributed by atoms with E-state index in [9.17, 15) is 9.59 Å². The summed E-state index contributed by atoms with van der Waals surface area (Å²) in [6, 6.07) is 13.9. The quantitative estimate of drug-likeness (QED) is 0.776. The van der Waals surface area contributed by atoms with Crippen LogP contribution in [-0.2, 0) is 17.8 Å². The molecule has 1 amide bonds. The van der Waals surface area contributed by atoms with Crippen LogP contribution >= 0.6 is 0 Å². The van der Waals surface area contributed by atoms with E-state index in [1.54, 1.807) is 12.4 Å². The fourth-order valence-electron chi connectivity index (χ4n) is 3.89. The lowest BCUT2D eigenvalue weighted by Crippen LogP contribution is -2.32. The van der Waals surface area contributed by atoms with Gasteiger partial charge in [0.25, 0.3) is 5.56 Å². The molecule has 138 valence electrons. The molecule has 3 aromatic rings. The monoisotopic (exact) mass is 361 g/mol. The van der Waals surface area contributed by atoms with Crippen LogP contribution in [0.25, 0.3) is 10.9 Å². The van der Waals surface area contributed by atoms with Crippen LogP contribution in [0.5, 0.6) is 0 Å². The molecule has 5 nitrogen and oxygen atoms in total. The minimum atomic E-state index is -0.0977. The van der Waals surface area contributed by atoms with E-state index in [0.29, 0.717) is 11.9 Å². The van der Waals surface area contributed by atoms with Crippen molar-refractivity contribution in [2.45, 2.75) is 45.2 Å². The summed E-state index contributed by atoms with van der Waals surface area (Å²) in [5.41, 5.74) is 4.14. The summed E-state index contributed by atoms with van der Waals surface area (Å²) in [6.45, 7) is 2.27. The molecule has 1 aliphatic carbocycles. The van der Waals surface area contributed by atoms with E-state index in [1.165, 1.54) is 15.7 Å². The summed E-state index contributed by atoms with van der Waals surface area (Å²) >= 11 is 0. The number of benzene rings is 2. The topological polar surface area (TPSA) is 64.0 Å². The molecule has 0 spiro atoms. The van der Waals surface area contributed by atoms with Crippen LogP contribution in [0.15, 0.2) is 53.6 Å². The lowest BCUT2D eigenvalue weighted by atomic mass is 9.88. The van der Waals surface area contributed by atoms with Crippen LogP contribution in [0.3, 0.4) is 0 Å². The van der Waals surface area contributed by atoms with E-state index < -0.39 is 0 Å². The SMILES string of the molecule is Cc1cccc2c(=O)n(CCC(=O)N[C@H]3CCCc4ccccc43)cnc12. The first-order valence-corrected chi connectivity index (χ1v) is 9.45. The fourth-order valence-corrected chi connectivity index (χ4v) is 3.89. The lowest BCUT2D eigenvalue weighted by Gasteiger charge is -2.26. The van der Waals surface area contributed by atoms with Gasteiger partial charge in [0.15, 0.2) is 0 Å². The van der Waals surface area contributed by atoms with Gasteiger partial charge in [-0.25, -0.2) is 4.98 Å². The first-order chi connectivity index (χ1) is 13.1. The van der Waals surface area contributed by atoms with Gasteiger partial charge in [-0.1, -0.05) is 36.4 Å². The molecule has 0 aliphatic heterocycles. The smallest absolute Gasteiger partial charge is 0.261 e. The van der Waals surface area contributed by atoms with Gasteiger partial charge in [-0.15, -0.1) is 0 Å². The number of amides is 1. The second kappa shape index (κ2) is 7.35. The molecule has 4 rings (SSSR count). The highest BCUT2D eigenvalue weighted by molar-refractivity contribution is 5.80. The molecule has 0 bridgehead atoms. The summed E-state index contributed by atoms with van der Waals surface area (Å²) in [6.07, 6.45) is 4.91. The third-order valence-corrected chi connectivity index (χ3v) is 5.34. The number of aromatic nitrogens is 2. The predicted octanol–water partition coefficient (Wildman–Crippen LogP) is 3.29. The maximum atomic E-state index is 12.6. The number of carbonyl (C=O) groups is 1. The summed E-state index contributed by atoms with van der Waals surface area (Å²) in [5.74, 6) is -0.0343. The molecular weight excluding hydrogens is 338 g/mol. The van der Waals surface area contributed by atoms with Crippen LogP contribution in [0.4, 0.5) is 0 Å². The Kier molecular flexibility index (Phi) is 4.75. The minimum Gasteiger partial charge on any atom is -0.349 e. The minimum absolute atomic E-state index is 0.0343. The van der Waals surface area contributed by atoms with E-state index in [-0.39, 0.29) is 23.9 Å². The van der Waals surface area contributed by atoms with Crippen molar-refractivity contribution in [2.75, 3.05) is 0 Å². The zero-order valence-corrected chi connectivity index (χ0v) is 15.4. The van der Waals surface area contributed by atoms with Gasteiger partial charge >= 0.3 is 0 Å².